The van der Waals surface area contributed by atoms with Gasteiger partial charge in [-0.1, -0.05) is 12.1 Å². The average Bonchev–Trinajstić information content (AvgIpc) is 3.40. The molecule has 0 saturated heterocycles. The van der Waals surface area contributed by atoms with E-state index in [0.29, 0.717) is 22.7 Å². The van der Waals surface area contributed by atoms with Crippen LogP contribution in [0.1, 0.15) is 40.5 Å². The quantitative estimate of drug-likeness (QED) is 0.623. The molecule has 7 heteroatoms. The maximum absolute atomic E-state index is 11.9. The third-order valence-corrected chi connectivity index (χ3v) is 5.08. The van der Waals surface area contributed by atoms with Gasteiger partial charge in [0.15, 0.2) is 0 Å². The number of fused-ring (bicyclic) bond motifs is 1. The molecule has 27 heavy (non-hydrogen) atoms. The molecule has 2 aromatic heterocycles. The molecule has 1 aliphatic rings. The first kappa shape index (κ1) is 17.1. The predicted octanol–water partition coefficient (Wildman–Crippen LogP) is 2.41. The molecule has 2 heterocycles. The number of benzene rings is 1. The number of amides is 2. The number of primary amides is 2. The van der Waals surface area contributed by atoms with Gasteiger partial charge in [0, 0.05) is 23.4 Å². The van der Waals surface area contributed by atoms with Crippen molar-refractivity contribution in [2.75, 3.05) is 5.32 Å². The largest absolute Gasteiger partial charge is 0.380 e. The Balaban J connectivity index is 1.82. The van der Waals surface area contributed by atoms with Gasteiger partial charge in [-0.2, -0.15) is 5.10 Å². The first-order chi connectivity index (χ1) is 12.9. The minimum atomic E-state index is -0.519. The van der Waals surface area contributed by atoms with Crippen LogP contribution in [0.5, 0.6) is 0 Å². The van der Waals surface area contributed by atoms with E-state index in [1.807, 2.05) is 18.3 Å². The van der Waals surface area contributed by atoms with Crippen LogP contribution in [-0.4, -0.2) is 27.5 Å². The second-order valence-corrected chi connectivity index (χ2v) is 7.07. The van der Waals surface area contributed by atoms with E-state index in [4.69, 9.17) is 11.5 Å². The van der Waals surface area contributed by atoms with Crippen LogP contribution in [0.4, 0.5) is 5.69 Å². The highest BCUT2D eigenvalue weighted by atomic mass is 16.1. The Bertz CT molecular complexity index is 1050. The average molecular weight is 363 g/mol. The standard InChI is InChI=1S/C20H21N5O2/c1-11(12-5-6-12)24-18-16(20(22)27)9-23-25-10-15(8-17(18)25)13-3-2-4-14(7-13)19(21)26/h2-4,7-12,24H,5-6H2,1H3,(H2,21,26)(H2,22,27)/t11-/m1/s1. The number of nitrogens with two attached hydrogens (primary N) is 2. The zero-order valence-electron chi connectivity index (χ0n) is 15.0. The van der Waals surface area contributed by atoms with Gasteiger partial charge in [0.05, 0.1) is 23.0 Å². The maximum Gasteiger partial charge on any atom is 0.252 e. The van der Waals surface area contributed by atoms with Crippen molar-refractivity contribution in [1.82, 2.24) is 9.61 Å². The maximum atomic E-state index is 11.9. The van der Waals surface area contributed by atoms with Crippen LogP contribution in [0.3, 0.4) is 0 Å². The SMILES string of the molecule is C[C@@H](Nc1c(C(N)=O)cnn2cc(-c3cccc(C(N)=O)c3)cc12)C1CC1. The Morgan fingerprint density at radius 2 is 1.96 bits per heavy atom. The highest BCUT2D eigenvalue weighted by Gasteiger charge is 2.29. The third kappa shape index (κ3) is 3.23. The summed E-state index contributed by atoms with van der Waals surface area (Å²) in [5.74, 6) is -0.384. The molecular weight excluding hydrogens is 342 g/mol. The lowest BCUT2D eigenvalue weighted by atomic mass is 10.1. The number of hydrogen-bond acceptors (Lipinski definition) is 4. The molecule has 1 aliphatic carbocycles. The molecule has 0 bridgehead atoms. The van der Waals surface area contributed by atoms with E-state index in [-0.39, 0.29) is 6.04 Å². The van der Waals surface area contributed by atoms with Gasteiger partial charge in [0.25, 0.3) is 5.91 Å². The summed E-state index contributed by atoms with van der Waals surface area (Å²) in [4.78, 5) is 23.4. The summed E-state index contributed by atoms with van der Waals surface area (Å²) in [5.41, 5.74) is 14.9. The summed E-state index contributed by atoms with van der Waals surface area (Å²) >= 11 is 0. The van der Waals surface area contributed by atoms with Gasteiger partial charge in [0.1, 0.15) is 0 Å². The number of hydrogen-bond donors (Lipinski definition) is 3. The van der Waals surface area contributed by atoms with E-state index in [1.54, 1.807) is 22.7 Å². The molecule has 0 unspecified atom stereocenters. The molecule has 5 N–H and O–H groups in total. The summed E-state index contributed by atoms with van der Waals surface area (Å²) in [5, 5.41) is 7.77. The molecule has 0 aliphatic heterocycles. The number of rotatable bonds is 6. The molecule has 0 spiro atoms. The second-order valence-electron chi connectivity index (χ2n) is 7.07. The molecule has 1 saturated carbocycles. The Morgan fingerprint density at radius 1 is 1.19 bits per heavy atom. The summed E-state index contributed by atoms with van der Waals surface area (Å²) < 4.78 is 1.71. The van der Waals surface area contributed by atoms with Crippen molar-refractivity contribution in [2.24, 2.45) is 17.4 Å². The van der Waals surface area contributed by atoms with E-state index >= 15 is 0 Å². The minimum absolute atomic E-state index is 0.242. The van der Waals surface area contributed by atoms with Gasteiger partial charge in [-0.3, -0.25) is 9.59 Å². The third-order valence-electron chi connectivity index (χ3n) is 5.08. The topological polar surface area (TPSA) is 116 Å². The van der Waals surface area contributed by atoms with Crippen LogP contribution >= 0.6 is 0 Å². The molecule has 1 atom stereocenters. The molecule has 3 aromatic rings. The van der Waals surface area contributed by atoms with Crippen LogP contribution in [0, 0.1) is 5.92 Å². The van der Waals surface area contributed by atoms with Crippen LogP contribution in [0.15, 0.2) is 42.7 Å². The fraction of sp³-hybridized carbons (Fsp3) is 0.250. The molecular formula is C20H21N5O2. The lowest BCUT2D eigenvalue weighted by Gasteiger charge is -2.17. The number of anilines is 1. The molecule has 138 valence electrons. The lowest BCUT2D eigenvalue weighted by molar-refractivity contribution is 0.0992. The number of carbonyl (C=O) groups is 2. The van der Waals surface area contributed by atoms with Gasteiger partial charge in [-0.05, 0) is 49.4 Å². The summed E-state index contributed by atoms with van der Waals surface area (Å²) in [6.45, 7) is 2.11. The summed E-state index contributed by atoms with van der Waals surface area (Å²) in [6.07, 6.45) is 5.72. The van der Waals surface area contributed by atoms with Gasteiger partial charge in [0.2, 0.25) is 5.91 Å². The van der Waals surface area contributed by atoms with E-state index < -0.39 is 11.8 Å². The van der Waals surface area contributed by atoms with Crippen LogP contribution < -0.4 is 16.8 Å². The predicted molar refractivity (Wildman–Crippen MR) is 103 cm³/mol. The molecule has 4 rings (SSSR count). The highest BCUT2D eigenvalue weighted by molar-refractivity contribution is 6.02. The molecule has 0 radical (unpaired) electrons. The van der Waals surface area contributed by atoms with Crippen LogP contribution in [0.2, 0.25) is 0 Å². The Labute approximate surface area is 156 Å². The number of carbonyl (C=O) groups excluding carboxylic acids is 2. The van der Waals surface area contributed by atoms with Gasteiger partial charge in [-0.25, -0.2) is 4.52 Å². The summed E-state index contributed by atoms with van der Waals surface area (Å²) in [6, 6.07) is 9.28. The van der Waals surface area contributed by atoms with E-state index in [1.165, 1.54) is 19.0 Å². The Morgan fingerprint density at radius 3 is 2.63 bits per heavy atom. The lowest BCUT2D eigenvalue weighted by Crippen LogP contribution is -2.22. The monoisotopic (exact) mass is 363 g/mol. The van der Waals surface area contributed by atoms with Crippen molar-refractivity contribution >= 4 is 23.0 Å². The van der Waals surface area contributed by atoms with Crippen molar-refractivity contribution < 1.29 is 9.59 Å². The Hall–Kier alpha value is -3.35. The zero-order chi connectivity index (χ0) is 19.1. The Kier molecular flexibility index (Phi) is 4.07. The molecule has 1 fully saturated rings. The van der Waals surface area contributed by atoms with Gasteiger partial charge in [-0.15, -0.1) is 0 Å². The van der Waals surface area contributed by atoms with Crippen molar-refractivity contribution in [3.05, 3.63) is 53.9 Å². The highest BCUT2D eigenvalue weighted by Crippen LogP contribution is 2.36. The zero-order valence-corrected chi connectivity index (χ0v) is 15.0. The normalized spacial score (nSPS) is 14.9. The first-order valence-corrected chi connectivity index (χ1v) is 8.92. The van der Waals surface area contributed by atoms with Crippen LogP contribution in [-0.2, 0) is 0 Å². The van der Waals surface area contributed by atoms with Gasteiger partial charge < -0.3 is 16.8 Å². The van der Waals surface area contributed by atoms with E-state index in [2.05, 4.69) is 17.3 Å². The second kappa shape index (κ2) is 6.42. The number of nitrogens with zero attached hydrogens (tertiary/aromatic N) is 2. The van der Waals surface area contributed by atoms with Crippen LogP contribution in [0.25, 0.3) is 16.6 Å². The first-order valence-electron chi connectivity index (χ1n) is 8.92. The van der Waals surface area contributed by atoms with E-state index in [0.717, 1.165) is 16.6 Å². The smallest absolute Gasteiger partial charge is 0.252 e. The molecule has 2 amide bonds. The molecule has 1 aromatic carbocycles. The van der Waals surface area contributed by atoms with Crippen molar-refractivity contribution in [3.8, 4) is 11.1 Å². The summed E-state index contributed by atoms with van der Waals surface area (Å²) in [7, 11) is 0. The fourth-order valence-corrected chi connectivity index (χ4v) is 3.35. The fourth-order valence-electron chi connectivity index (χ4n) is 3.35. The number of nitrogens with one attached hydrogen (secondary N) is 1. The van der Waals surface area contributed by atoms with Crippen molar-refractivity contribution in [3.63, 3.8) is 0 Å². The van der Waals surface area contributed by atoms with Gasteiger partial charge >= 0.3 is 0 Å². The van der Waals surface area contributed by atoms with E-state index in [9.17, 15) is 9.59 Å². The van der Waals surface area contributed by atoms with Crippen molar-refractivity contribution in [2.45, 2.75) is 25.8 Å². The molecule has 7 nitrogen and oxygen atoms in total. The van der Waals surface area contributed by atoms with Crippen molar-refractivity contribution in [1.29, 1.82) is 0 Å². The number of aromatic nitrogens is 2. The minimum Gasteiger partial charge on any atom is -0.380 e.